The molecule has 100 valence electrons. The van der Waals surface area contributed by atoms with Crippen LogP contribution in [0.5, 0.6) is 0 Å². The van der Waals surface area contributed by atoms with Crippen LogP contribution in [0, 0.1) is 0 Å². The van der Waals surface area contributed by atoms with E-state index in [-0.39, 0.29) is 18.8 Å². The molecular weight excluding hydrogens is 224 g/mol. The van der Waals surface area contributed by atoms with E-state index in [0.29, 0.717) is 19.4 Å². The first-order chi connectivity index (χ1) is 8.06. The predicted octanol–water partition coefficient (Wildman–Crippen LogP) is 1.73. The molecule has 0 spiro atoms. The Bertz CT molecular complexity index is 227. The van der Waals surface area contributed by atoms with Gasteiger partial charge in [-0.05, 0) is 19.8 Å². The lowest BCUT2D eigenvalue weighted by Crippen LogP contribution is -2.15. The smallest absolute Gasteiger partial charge is 0.308 e. The fourth-order valence-corrected chi connectivity index (χ4v) is 1.52. The van der Waals surface area contributed by atoms with Crippen molar-refractivity contribution in [2.24, 2.45) is 0 Å². The zero-order valence-corrected chi connectivity index (χ0v) is 10.4. The minimum atomic E-state index is -0.771. The Kier molecular flexibility index (Phi) is 9.43. The normalized spacial score (nSPS) is 12.1. The van der Waals surface area contributed by atoms with Crippen LogP contribution < -0.4 is 0 Å². The van der Waals surface area contributed by atoms with Gasteiger partial charge in [0, 0.05) is 6.42 Å². The Morgan fingerprint density at radius 2 is 1.82 bits per heavy atom. The number of aliphatic hydroxyl groups excluding tert-OH is 1. The maximum Gasteiger partial charge on any atom is 0.308 e. The first kappa shape index (κ1) is 15.9. The highest BCUT2D eigenvalue weighted by atomic mass is 16.5. The van der Waals surface area contributed by atoms with Gasteiger partial charge < -0.3 is 14.9 Å². The van der Waals surface area contributed by atoms with Crippen LogP contribution in [-0.4, -0.2) is 34.9 Å². The molecule has 5 nitrogen and oxygen atoms in total. The van der Waals surface area contributed by atoms with Gasteiger partial charge in [-0.3, -0.25) is 9.59 Å². The number of ether oxygens (including phenoxy) is 1. The quantitative estimate of drug-likeness (QED) is 0.453. The molecule has 5 heteroatoms. The fraction of sp³-hybridized carbons (Fsp3) is 0.833. The van der Waals surface area contributed by atoms with Gasteiger partial charge >= 0.3 is 11.9 Å². The number of carbonyl (C=O) groups excluding carboxylic acids is 1. The topological polar surface area (TPSA) is 83.8 Å². The lowest BCUT2D eigenvalue weighted by Gasteiger charge is -2.09. The highest BCUT2D eigenvalue weighted by molar-refractivity contribution is 5.69. The number of carboxylic acids is 1. The van der Waals surface area contributed by atoms with E-state index < -0.39 is 12.1 Å². The van der Waals surface area contributed by atoms with Gasteiger partial charge in [0.1, 0.15) is 0 Å². The summed E-state index contributed by atoms with van der Waals surface area (Å²) in [5, 5.41) is 17.9. The molecule has 0 saturated carbocycles. The Morgan fingerprint density at radius 1 is 1.18 bits per heavy atom. The SMILES string of the molecule is CCOC(=O)CC(O)CCCCCCC(=O)O. The number of unbranched alkanes of at least 4 members (excludes halogenated alkanes) is 3. The van der Waals surface area contributed by atoms with Gasteiger partial charge in [-0.15, -0.1) is 0 Å². The van der Waals surface area contributed by atoms with Crippen LogP contribution in [0.15, 0.2) is 0 Å². The second kappa shape index (κ2) is 10.1. The molecule has 0 aromatic heterocycles. The summed E-state index contributed by atoms with van der Waals surface area (Å²) in [4.78, 5) is 21.2. The molecule has 0 radical (unpaired) electrons. The summed E-state index contributed by atoms with van der Waals surface area (Å²) >= 11 is 0. The van der Waals surface area contributed by atoms with Crippen molar-refractivity contribution in [3.8, 4) is 0 Å². The number of rotatable bonds is 10. The molecular formula is C12H22O5. The van der Waals surface area contributed by atoms with E-state index >= 15 is 0 Å². The summed E-state index contributed by atoms with van der Waals surface area (Å²) in [7, 11) is 0. The molecule has 0 aromatic carbocycles. The first-order valence-electron chi connectivity index (χ1n) is 6.11. The van der Waals surface area contributed by atoms with Crippen molar-refractivity contribution in [1.29, 1.82) is 0 Å². The summed E-state index contributed by atoms with van der Waals surface area (Å²) in [6.07, 6.45) is 3.36. The number of carbonyl (C=O) groups is 2. The minimum Gasteiger partial charge on any atom is -0.481 e. The van der Waals surface area contributed by atoms with Crippen molar-refractivity contribution in [3.05, 3.63) is 0 Å². The van der Waals surface area contributed by atoms with Crippen LogP contribution in [-0.2, 0) is 14.3 Å². The van der Waals surface area contributed by atoms with Gasteiger partial charge in [0.25, 0.3) is 0 Å². The molecule has 0 rings (SSSR count). The van der Waals surface area contributed by atoms with Crippen molar-refractivity contribution in [2.75, 3.05) is 6.61 Å². The first-order valence-corrected chi connectivity index (χ1v) is 6.11. The molecule has 0 amide bonds. The van der Waals surface area contributed by atoms with Crippen molar-refractivity contribution in [2.45, 2.75) is 58.0 Å². The van der Waals surface area contributed by atoms with Crippen LogP contribution in [0.1, 0.15) is 51.9 Å². The third kappa shape index (κ3) is 11.2. The van der Waals surface area contributed by atoms with Gasteiger partial charge in [0.2, 0.25) is 0 Å². The van der Waals surface area contributed by atoms with Gasteiger partial charge in [-0.25, -0.2) is 0 Å². The Hall–Kier alpha value is -1.10. The molecule has 0 aliphatic heterocycles. The van der Waals surface area contributed by atoms with Crippen molar-refractivity contribution in [1.82, 2.24) is 0 Å². The van der Waals surface area contributed by atoms with E-state index in [0.717, 1.165) is 19.3 Å². The maximum absolute atomic E-state index is 11.0. The van der Waals surface area contributed by atoms with Crippen LogP contribution in [0.2, 0.25) is 0 Å². The number of aliphatic hydroxyl groups is 1. The highest BCUT2D eigenvalue weighted by Crippen LogP contribution is 2.09. The predicted molar refractivity (Wildman–Crippen MR) is 62.6 cm³/mol. The van der Waals surface area contributed by atoms with Crippen molar-refractivity contribution in [3.63, 3.8) is 0 Å². The van der Waals surface area contributed by atoms with E-state index in [1.54, 1.807) is 6.92 Å². The van der Waals surface area contributed by atoms with Crippen molar-refractivity contribution < 1.29 is 24.5 Å². The van der Waals surface area contributed by atoms with Gasteiger partial charge in [-0.2, -0.15) is 0 Å². The van der Waals surface area contributed by atoms with Crippen LogP contribution in [0.4, 0.5) is 0 Å². The van der Waals surface area contributed by atoms with E-state index in [9.17, 15) is 14.7 Å². The number of esters is 1. The largest absolute Gasteiger partial charge is 0.481 e. The molecule has 17 heavy (non-hydrogen) atoms. The molecule has 1 atom stereocenters. The number of carboxylic acid groups (broad SMARTS) is 1. The summed E-state index contributed by atoms with van der Waals surface area (Å²) < 4.78 is 4.72. The molecule has 0 fully saturated rings. The average Bonchev–Trinajstić information content (AvgIpc) is 2.23. The summed E-state index contributed by atoms with van der Waals surface area (Å²) in [6, 6.07) is 0. The number of hydrogen-bond acceptors (Lipinski definition) is 4. The highest BCUT2D eigenvalue weighted by Gasteiger charge is 2.10. The number of aliphatic carboxylic acids is 1. The second-order valence-electron chi connectivity index (χ2n) is 4.01. The van der Waals surface area contributed by atoms with E-state index in [1.807, 2.05) is 0 Å². The molecule has 0 aliphatic carbocycles. The minimum absolute atomic E-state index is 0.0446. The van der Waals surface area contributed by atoms with Crippen LogP contribution >= 0.6 is 0 Å². The fourth-order valence-electron chi connectivity index (χ4n) is 1.52. The molecule has 0 aromatic rings. The second-order valence-corrected chi connectivity index (χ2v) is 4.01. The molecule has 0 aliphatic rings. The lowest BCUT2D eigenvalue weighted by molar-refractivity contribution is -0.145. The zero-order valence-electron chi connectivity index (χ0n) is 10.4. The van der Waals surface area contributed by atoms with Gasteiger partial charge in [0.05, 0.1) is 19.1 Å². The monoisotopic (exact) mass is 246 g/mol. The zero-order chi connectivity index (χ0) is 13.1. The van der Waals surface area contributed by atoms with Gasteiger partial charge in [-0.1, -0.05) is 19.3 Å². The maximum atomic E-state index is 11.0. The third-order valence-electron chi connectivity index (χ3n) is 2.39. The molecule has 0 bridgehead atoms. The lowest BCUT2D eigenvalue weighted by atomic mass is 10.1. The van der Waals surface area contributed by atoms with Crippen LogP contribution in [0.25, 0.3) is 0 Å². The summed E-state index contributed by atoms with van der Waals surface area (Å²) in [5.41, 5.74) is 0. The van der Waals surface area contributed by atoms with Crippen molar-refractivity contribution >= 4 is 11.9 Å². The average molecular weight is 246 g/mol. The summed E-state index contributed by atoms with van der Waals surface area (Å²) in [6.45, 7) is 2.06. The Morgan fingerprint density at radius 3 is 2.41 bits per heavy atom. The van der Waals surface area contributed by atoms with Gasteiger partial charge in [0.15, 0.2) is 0 Å². The van der Waals surface area contributed by atoms with Crippen LogP contribution in [0.3, 0.4) is 0 Å². The summed E-state index contributed by atoms with van der Waals surface area (Å²) in [5.74, 6) is -1.14. The number of hydrogen-bond donors (Lipinski definition) is 2. The Labute approximate surface area is 102 Å². The van der Waals surface area contributed by atoms with E-state index in [1.165, 1.54) is 0 Å². The van der Waals surface area contributed by atoms with E-state index in [4.69, 9.17) is 9.84 Å². The third-order valence-corrected chi connectivity index (χ3v) is 2.39. The molecule has 0 heterocycles. The standard InChI is InChI=1S/C12H22O5/c1-2-17-12(16)9-10(13)7-5-3-4-6-8-11(14)15/h10,13H,2-9H2,1H3,(H,14,15). The molecule has 1 unspecified atom stereocenters. The molecule has 2 N–H and O–H groups in total. The molecule has 0 saturated heterocycles. The van der Waals surface area contributed by atoms with E-state index in [2.05, 4.69) is 0 Å². The Balaban J connectivity index is 3.35.